The summed E-state index contributed by atoms with van der Waals surface area (Å²) in [5, 5.41) is 0.598. The number of aromatic nitrogens is 1. The van der Waals surface area contributed by atoms with Crippen molar-refractivity contribution in [3.8, 4) is 0 Å². The van der Waals surface area contributed by atoms with Gasteiger partial charge in [-0.1, -0.05) is 11.6 Å². The molecule has 0 bridgehead atoms. The molecule has 0 radical (unpaired) electrons. The lowest BCUT2D eigenvalue weighted by atomic mass is 10.1. The lowest BCUT2D eigenvalue weighted by Crippen LogP contribution is -2.53. The van der Waals surface area contributed by atoms with Gasteiger partial charge in [-0.3, -0.25) is 4.79 Å². The fraction of sp³-hybridized carbons (Fsp3) is 0.600. The van der Waals surface area contributed by atoms with E-state index in [4.69, 9.17) is 16.3 Å². The molecule has 0 unspecified atom stereocenters. The Labute approximate surface area is 129 Å². The highest BCUT2D eigenvalue weighted by atomic mass is 35.5. The molecule has 1 amide bonds. The van der Waals surface area contributed by atoms with Crippen molar-refractivity contribution in [3.05, 3.63) is 23.4 Å². The Morgan fingerprint density at radius 3 is 3.14 bits per heavy atom. The van der Waals surface area contributed by atoms with E-state index < -0.39 is 0 Å². The largest absolute Gasteiger partial charge is 0.374 e. The summed E-state index contributed by atoms with van der Waals surface area (Å²) in [6.45, 7) is 1.68. The lowest BCUT2D eigenvalue weighted by molar-refractivity contribution is -0.142. The van der Waals surface area contributed by atoms with Gasteiger partial charge in [0.25, 0.3) is 0 Å². The van der Waals surface area contributed by atoms with Crippen LogP contribution in [-0.2, 0) is 9.53 Å². The molecule has 1 aliphatic carbocycles. The molecule has 114 valence electrons. The van der Waals surface area contributed by atoms with Gasteiger partial charge in [0.1, 0.15) is 5.82 Å². The van der Waals surface area contributed by atoms with Crippen LogP contribution in [0.25, 0.3) is 0 Å². The Balaban J connectivity index is 1.64. The summed E-state index contributed by atoms with van der Waals surface area (Å²) in [5.41, 5.74) is 0. The van der Waals surface area contributed by atoms with Crippen LogP contribution in [0.1, 0.15) is 19.3 Å². The van der Waals surface area contributed by atoms with E-state index in [2.05, 4.69) is 4.98 Å². The first-order valence-electron chi connectivity index (χ1n) is 7.39. The molecule has 6 heteroatoms. The van der Waals surface area contributed by atoms with Gasteiger partial charge in [-0.25, -0.2) is 4.98 Å². The highest BCUT2D eigenvalue weighted by Gasteiger charge is 2.38. The molecule has 2 aliphatic rings. The standard InChI is InChI=1S/C15H20ClN3O2/c1-18(14-6-5-11(16)9-17-14)10-15(20)19-7-8-21-13-4-2-3-12(13)19/h5-6,9,12-13H,2-4,7-8,10H2,1H3/t12-,13+/m0/s1. The molecule has 1 aliphatic heterocycles. The van der Waals surface area contributed by atoms with Gasteiger partial charge in [0.2, 0.25) is 5.91 Å². The number of halogens is 1. The number of anilines is 1. The van der Waals surface area contributed by atoms with Crippen LogP contribution in [0.15, 0.2) is 18.3 Å². The minimum atomic E-state index is 0.148. The average Bonchev–Trinajstić information content (AvgIpc) is 2.96. The first kappa shape index (κ1) is 14.6. The molecule has 0 N–H and O–H groups in total. The maximum Gasteiger partial charge on any atom is 0.242 e. The van der Waals surface area contributed by atoms with Gasteiger partial charge in [-0.15, -0.1) is 0 Å². The maximum absolute atomic E-state index is 12.6. The number of carbonyl (C=O) groups excluding carboxylic acids is 1. The number of carbonyl (C=O) groups is 1. The highest BCUT2D eigenvalue weighted by molar-refractivity contribution is 6.30. The quantitative estimate of drug-likeness (QED) is 0.856. The second-order valence-corrected chi connectivity index (χ2v) is 6.12. The third kappa shape index (κ3) is 3.14. The van der Waals surface area contributed by atoms with E-state index >= 15 is 0 Å². The molecule has 1 aromatic heterocycles. The molecular weight excluding hydrogens is 290 g/mol. The summed E-state index contributed by atoms with van der Waals surface area (Å²) in [4.78, 5) is 20.7. The second-order valence-electron chi connectivity index (χ2n) is 5.69. The van der Waals surface area contributed by atoms with Gasteiger partial charge in [0.15, 0.2) is 0 Å². The van der Waals surface area contributed by atoms with Gasteiger partial charge in [0, 0.05) is 19.8 Å². The maximum atomic E-state index is 12.6. The molecule has 21 heavy (non-hydrogen) atoms. The van der Waals surface area contributed by atoms with Crippen molar-refractivity contribution in [1.82, 2.24) is 9.88 Å². The Morgan fingerprint density at radius 1 is 1.52 bits per heavy atom. The van der Waals surface area contributed by atoms with Crippen LogP contribution >= 0.6 is 11.6 Å². The molecule has 0 spiro atoms. The monoisotopic (exact) mass is 309 g/mol. The van der Waals surface area contributed by atoms with Crippen LogP contribution in [0.5, 0.6) is 0 Å². The molecular formula is C15H20ClN3O2. The summed E-state index contributed by atoms with van der Waals surface area (Å²) in [5.74, 6) is 0.901. The van der Waals surface area contributed by atoms with Gasteiger partial charge in [-0.05, 0) is 31.4 Å². The molecule has 3 rings (SSSR count). The Kier molecular flexibility index (Phi) is 4.31. The van der Waals surface area contributed by atoms with Crippen LogP contribution in [0.3, 0.4) is 0 Å². The Bertz CT molecular complexity index is 508. The van der Waals surface area contributed by atoms with E-state index in [1.165, 1.54) is 0 Å². The van der Waals surface area contributed by atoms with Crippen LogP contribution in [-0.4, -0.2) is 54.7 Å². The number of hydrogen-bond donors (Lipinski definition) is 0. The number of amides is 1. The summed E-state index contributed by atoms with van der Waals surface area (Å²) in [6.07, 6.45) is 5.11. The van der Waals surface area contributed by atoms with E-state index in [1.807, 2.05) is 22.9 Å². The van der Waals surface area contributed by atoms with E-state index in [0.29, 0.717) is 24.7 Å². The fourth-order valence-corrected chi connectivity index (χ4v) is 3.32. The summed E-state index contributed by atoms with van der Waals surface area (Å²) in [6, 6.07) is 3.87. The zero-order chi connectivity index (χ0) is 14.8. The molecule has 5 nitrogen and oxygen atoms in total. The Hall–Kier alpha value is -1.33. The molecule has 0 aromatic carbocycles. The van der Waals surface area contributed by atoms with Crippen molar-refractivity contribution in [2.45, 2.75) is 31.4 Å². The first-order valence-corrected chi connectivity index (χ1v) is 7.77. The van der Waals surface area contributed by atoms with Crippen LogP contribution in [0, 0.1) is 0 Å². The molecule has 1 aromatic rings. The van der Waals surface area contributed by atoms with Gasteiger partial charge in [-0.2, -0.15) is 0 Å². The van der Waals surface area contributed by atoms with Crippen molar-refractivity contribution < 1.29 is 9.53 Å². The number of ether oxygens (including phenoxy) is 1. The zero-order valence-electron chi connectivity index (χ0n) is 12.2. The van der Waals surface area contributed by atoms with Crippen molar-refractivity contribution in [2.75, 3.05) is 31.6 Å². The van der Waals surface area contributed by atoms with Gasteiger partial charge < -0.3 is 14.5 Å². The predicted molar refractivity (Wildman–Crippen MR) is 81.6 cm³/mol. The number of nitrogens with zero attached hydrogens (tertiary/aromatic N) is 3. The smallest absolute Gasteiger partial charge is 0.242 e. The van der Waals surface area contributed by atoms with Crippen molar-refractivity contribution in [2.24, 2.45) is 0 Å². The number of fused-ring (bicyclic) bond motifs is 1. The average molecular weight is 310 g/mol. The SMILES string of the molecule is CN(CC(=O)N1CCO[C@@H]2CCC[C@@H]21)c1ccc(Cl)cn1. The zero-order valence-corrected chi connectivity index (χ0v) is 12.9. The second kappa shape index (κ2) is 6.20. The first-order chi connectivity index (χ1) is 10.1. The van der Waals surface area contributed by atoms with Crippen LogP contribution < -0.4 is 4.90 Å². The van der Waals surface area contributed by atoms with Gasteiger partial charge >= 0.3 is 0 Å². The molecule has 2 heterocycles. The van der Waals surface area contributed by atoms with Crippen molar-refractivity contribution in [1.29, 1.82) is 0 Å². The van der Waals surface area contributed by atoms with Gasteiger partial charge in [0.05, 0.1) is 30.3 Å². The number of likely N-dealkylation sites (N-methyl/N-ethyl adjacent to an activating group) is 1. The molecule has 1 saturated heterocycles. The summed E-state index contributed by atoms with van der Waals surface area (Å²) >= 11 is 5.83. The van der Waals surface area contributed by atoms with Crippen molar-refractivity contribution in [3.63, 3.8) is 0 Å². The van der Waals surface area contributed by atoms with E-state index in [1.54, 1.807) is 12.3 Å². The predicted octanol–water partition coefficient (Wildman–Crippen LogP) is 1.95. The summed E-state index contributed by atoms with van der Waals surface area (Å²) in [7, 11) is 1.88. The van der Waals surface area contributed by atoms with E-state index in [9.17, 15) is 4.79 Å². The minimum Gasteiger partial charge on any atom is -0.374 e. The normalized spacial score (nSPS) is 24.8. The van der Waals surface area contributed by atoms with Crippen LogP contribution in [0.2, 0.25) is 5.02 Å². The number of pyridine rings is 1. The van der Waals surface area contributed by atoms with E-state index in [-0.39, 0.29) is 18.1 Å². The molecule has 1 saturated carbocycles. The third-order valence-corrected chi connectivity index (χ3v) is 4.50. The topological polar surface area (TPSA) is 45.7 Å². The number of rotatable bonds is 3. The Morgan fingerprint density at radius 2 is 2.38 bits per heavy atom. The van der Waals surface area contributed by atoms with E-state index in [0.717, 1.165) is 25.1 Å². The van der Waals surface area contributed by atoms with Crippen molar-refractivity contribution >= 4 is 23.3 Å². The minimum absolute atomic E-state index is 0.148. The third-order valence-electron chi connectivity index (χ3n) is 4.28. The molecule has 2 fully saturated rings. The number of morpholine rings is 1. The van der Waals surface area contributed by atoms with Crippen LogP contribution in [0.4, 0.5) is 5.82 Å². The highest BCUT2D eigenvalue weighted by Crippen LogP contribution is 2.29. The molecule has 2 atom stereocenters. The fourth-order valence-electron chi connectivity index (χ4n) is 3.20. The summed E-state index contributed by atoms with van der Waals surface area (Å²) < 4.78 is 5.75. The number of hydrogen-bond acceptors (Lipinski definition) is 4. The lowest BCUT2D eigenvalue weighted by Gasteiger charge is -2.38.